The number of hydrogen-bond acceptors (Lipinski definition) is 9. The van der Waals surface area contributed by atoms with Crippen molar-refractivity contribution >= 4 is 19.8 Å². The van der Waals surface area contributed by atoms with E-state index in [1.807, 2.05) is 6.08 Å². The normalized spacial score (nSPS) is 16.9. The van der Waals surface area contributed by atoms with E-state index in [1.54, 1.807) is 0 Å². The van der Waals surface area contributed by atoms with Gasteiger partial charge in [0.25, 0.3) is 0 Å². The summed E-state index contributed by atoms with van der Waals surface area (Å²) in [6, 6.07) is 0. The van der Waals surface area contributed by atoms with Gasteiger partial charge in [-0.25, -0.2) is 4.57 Å². The molecule has 1 rings (SSSR count). The van der Waals surface area contributed by atoms with Crippen molar-refractivity contribution < 1.29 is 42.3 Å². The predicted octanol–water partition coefficient (Wildman–Crippen LogP) is 13.5. The van der Waals surface area contributed by atoms with Crippen molar-refractivity contribution in [2.75, 3.05) is 26.4 Å². The highest BCUT2D eigenvalue weighted by molar-refractivity contribution is 7.47. The molecular weight excluding hydrogens is 778 g/mol. The number of carbonyl (C=O) groups is 2. The maximum Gasteiger partial charge on any atom is 0.472 e. The molecule has 0 amide bonds. The molecular formula is C49H90NO9P. The Bertz CT molecular complexity index is 1150. The summed E-state index contributed by atoms with van der Waals surface area (Å²) in [5.74, 6) is -0.890. The van der Waals surface area contributed by atoms with Crippen molar-refractivity contribution in [3.8, 4) is 0 Å². The van der Waals surface area contributed by atoms with E-state index < -0.39 is 32.5 Å². The lowest BCUT2D eigenvalue weighted by Gasteiger charge is -2.19. The standard InChI is InChI=1S/C49H90NO9P/c1-3-5-7-8-9-10-11-12-13-14-15-16-17-18-19-20-21-25-28-31-35-39-48(51)55-43-45(44-57-60(53,54)56-42-41-50)58-49(52)40-36-32-29-26-23-22-24-27-30-34-38-47-46(59-47)37-33-6-4-2/h22,24,26,29-30,34,45-47H,3-21,23,25,27-28,31-33,35-44,50H2,1-2H3,(H,53,54)/b24-22-,29-26-,34-30-/t45-,46?,47?/m1/s1. The lowest BCUT2D eigenvalue weighted by Crippen LogP contribution is -2.29. The highest BCUT2D eigenvalue weighted by atomic mass is 31.2. The number of esters is 2. The van der Waals surface area contributed by atoms with E-state index in [4.69, 9.17) is 29.0 Å². The zero-order chi connectivity index (χ0) is 43.6. The SMILES string of the molecule is CCCCCCCCCCCCCCCCCCCCCCCC(=O)OC[C@H](COP(=O)(O)OCCN)OC(=O)CCC/C=C\C/C=C\C/C=C\CC1OC1CCCCC. The number of ether oxygens (including phenoxy) is 3. The number of hydrogen-bond donors (Lipinski definition) is 2. The first-order valence-corrected chi connectivity index (χ1v) is 26.1. The van der Waals surface area contributed by atoms with Crippen molar-refractivity contribution in [1.29, 1.82) is 0 Å². The number of allylic oxidation sites excluding steroid dienone is 5. The molecule has 10 nitrogen and oxygen atoms in total. The summed E-state index contributed by atoms with van der Waals surface area (Å²) in [5, 5.41) is 0. The minimum absolute atomic E-state index is 0.0434. The van der Waals surface area contributed by atoms with Gasteiger partial charge in [-0.05, 0) is 44.9 Å². The van der Waals surface area contributed by atoms with Crippen LogP contribution < -0.4 is 5.73 Å². The van der Waals surface area contributed by atoms with Crippen molar-refractivity contribution in [3.05, 3.63) is 36.5 Å². The van der Waals surface area contributed by atoms with E-state index in [0.29, 0.717) is 25.0 Å². The Labute approximate surface area is 367 Å². The molecule has 0 spiro atoms. The molecule has 350 valence electrons. The number of carbonyl (C=O) groups excluding carboxylic acids is 2. The average molecular weight is 868 g/mol. The fourth-order valence-corrected chi connectivity index (χ4v) is 7.96. The van der Waals surface area contributed by atoms with Gasteiger partial charge in [-0.2, -0.15) is 0 Å². The molecule has 1 heterocycles. The van der Waals surface area contributed by atoms with Crippen LogP contribution in [-0.4, -0.2) is 61.5 Å². The molecule has 1 aliphatic heterocycles. The van der Waals surface area contributed by atoms with E-state index >= 15 is 0 Å². The van der Waals surface area contributed by atoms with Crippen molar-refractivity contribution in [2.24, 2.45) is 5.73 Å². The minimum atomic E-state index is -4.40. The van der Waals surface area contributed by atoms with Crippen LogP contribution in [0.15, 0.2) is 36.5 Å². The number of phosphoric ester groups is 1. The Morgan fingerprint density at radius 3 is 1.63 bits per heavy atom. The summed E-state index contributed by atoms with van der Waals surface area (Å²) < 4.78 is 38.6. The molecule has 1 aliphatic rings. The van der Waals surface area contributed by atoms with Crippen LogP contribution in [0.4, 0.5) is 0 Å². The van der Waals surface area contributed by atoms with Crippen LogP contribution in [-0.2, 0) is 37.4 Å². The first-order valence-electron chi connectivity index (χ1n) is 24.6. The van der Waals surface area contributed by atoms with Gasteiger partial charge in [-0.3, -0.25) is 18.6 Å². The van der Waals surface area contributed by atoms with E-state index in [2.05, 4.69) is 44.2 Å². The van der Waals surface area contributed by atoms with Gasteiger partial charge in [0, 0.05) is 19.4 Å². The molecule has 60 heavy (non-hydrogen) atoms. The lowest BCUT2D eigenvalue weighted by atomic mass is 10.0. The predicted molar refractivity (Wildman–Crippen MR) is 247 cm³/mol. The average Bonchev–Trinajstić information content (AvgIpc) is 3.99. The van der Waals surface area contributed by atoms with Gasteiger partial charge in [0.1, 0.15) is 6.61 Å². The minimum Gasteiger partial charge on any atom is -0.462 e. The number of nitrogens with two attached hydrogens (primary N) is 1. The lowest BCUT2D eigenvalue weighted by molar-refractivity contribution is -0.161. The van der Waals surface area contributed by atoms with Crippen LogP contribution in [0.5, 0.6) is 0 Å². The number of rotatable bonds is 45. The van der Waals surface area contributed by atoms with Gasteiger partial charge in [-0.15, -0.1) is 0 Å². The van der Waals surface area contributed by atoms with Gasteiger partial charge >= 0.3 is 19.8 Å². The smallest absolute Gasteiger partial charge is 0.462 e. The molecule has 0 aromatic carbocycles. The molecule has 1 fully saturated rings. The third-order valence-electron chi connectivity index (χ3n) is 11.0. The second-order valence-corrected chi connectivity index (χ2v) is 18.2. The van der Waals surface area contributed by atoms with Crippen LogP contribution in [0.1, 0.15) is 219 Å². The second kappa shape index (κ2) is 41.2. The number of unbranched alkanes of at least 4 members (excludes halogenated alkanes) is 23. The van der Waals surface area contributed by atoms with Crippen LogP contribution in [0.25, 0.3) is 0 Å². The van der Waals surface area contributed by atoms with E-state index in [0.717, 1.165) is 38.5 Å². The molecule has 4 atom stereocenters. The molecule has 1 saturated heterocycles. The summed E-state index contributed by atoms with van der Waals surface area (Å²) >= 11 is 0. The Hall–Kier alpha value is -1.81. The quantitative estimate of drug-likeness (QED) is 0.0199. The van der Waals surface area contributed by atoms with Gasteiger partial charge in [-0.1, -0.05) is 198 Å². The molecule has 0 radical (unpaired) electrons. The van der Waals surface area contributed by atoms with Crippen molar-refractivity contribution in [1.82, 2.24) is 0 Å². The zero-order valence-corrected chi connectivity index (χ0v) is 39.3. The fraction of sp³-hybridized carbons (Fsp3) is 0.837. The van der Waals surface area contributed by atoms with Crippen LogP contribution >= 0.6 is 7.82 Å². The van der Waals surface area contributed by atoms with Gasteiger partial charge in [0.2, 0.25) is 0 Å². The van der Waals surface area contributed by atoms with Gasteiger partial charge in [0.15, 0.2) is 6.10 Å². The van der Waals surface area contributed by atoms with Crippen molar-refractivity contribution in [2.45, 2.75) is 238 Å². The second-order valence-electron chi connectivity index (χ2n) is 16.7. The maximum atomic E-state index is 12.6. The van der Waals surface area contributed by atoms with Gasteiger partial charge in [0.05, 0.1) is 25.4 Å². The number of epoxide rings is 1. The highest BCUT2D eigenvalue weighted by Gasteiger charge is 2.36. The first kappa shape index (κ1) is 56.2. The first-order chi connectivity index (χ1) is 29.3. The van der Waals surface area contributed by atoms with E-state index in [9.17, 15) is 19.0 Å². The molecule has 0 aromatic heterocycles. The number of phosphoric acid groups is 1. The van der Waals surface area contributed by atoms with Gasteiger partial charge < -0.3 is 24.8 Å². The van der Waals surface area contributed by atoms with Crippen molar-refractivity contribution in [3.63, 3.8) is 0 Å². The molecule has 0 aliphatic carbocycles. The van der Waals surface area contributed by atoms with Crippen LogP contribution in [0.3, 0.4) is 0 Å². The fourth-order valence-electron chi connectivity index (χ4n) is 7.19. The third-order valence-corrected chi connectivity index (χ3v) is 11.9. The molecule has 0 aromatic rings. The molecule has 3 unspecified atom stereocenters. The Kier molecular flexibility index (Phi) is 38.6. The Morgan fingerprint density at radius 2 is 1.08 bits per heavy atom. The monoisotopic (exact) mass is 868 g/mol. The molecule has 11 heteroatoms. The topological polar surface area (TPSA) is 147 Å². The summed E-state index contributed by atoms with van der Waals surface area (Å²) in [5.41, 5.74) is 5.36. The molecule has 0 bridgehead atoms. The Morgan fingerprint density at radius 1 is 0.600 bits per heavy atom. The molecule has 0 saturated carbocycles. The summed E-state index contributed by atoms with van der Waals surface area (Å²) in [6.07, 6.45) is 49.4. The highest BCUT2D eigenvalue weighted by Crippen LogP contribution is 2.43. The summed E-state index contributed by atoms with van der Waals surface area (Å²) in [6.45, 7) is 3.66. The molecule has 3 N–H and O–H groups in total. The van der Waals surface area contributed by atoms with Crippen LogP contribution in [0, 0.1) is 0 Å². The Balaban J connectivity index is 2.14. The van der Waals surface area contributed by atoms with Crippen LogP contribution in [0.2, 0.25) is 0 Å². The third kappa shape index (κ3) is 37.9. The largest absolute Gasteiger partial charge is 0.472 e. The van der Waals surface area contributed by atoms with E-state index in [-0.39, 0.29) is 32.6 Å². The summed E-state index contributed by atoms with van der Waals surface area (Å²) in [7, 11) is -4.40. The maximum absolute atomic E-state index is 12.6. The zero-order valence-electron chi connectivity index (χ0n) is 38.4. The summed E-state index contributed by atoms with van der Waals surface area (Å²) in [4.78, 5) is 35.0. The van der Waals surface area contributed by atoms with E-state index in [1.165, 1.54) is 141 Å².